The number of anilines is 3. The van der Waals surface area contributed by atoms with Crippen molar-refractivity contribution in [3.05, 3.63) is 23.5 Å². The average Bonchev–Trinajstić information content (AvgIpc) is 3.03. The molecule has 0 bridgehead atoms. The van der Waals surface area contributed by atoms with Gasteiger partial charge in [0, 0.05) is 26.1 Å². The molecule has 2 aromatic rings. The van der Waals surface area contributed by atoms with E-state index < -0.39 is 0 Å². The van der Waals surface area contributed by atoms with Crippen LogP contribution in [-0.4, -0.2) is 52.2 Å². The topological polar surface area (TPSA) is 107 Å². The van der Waals surface area contributed by atoms with Crippen molar-refractivity contribution >= 4 is 34.1 Å². The van der Waals surface area contributed by atoms with Crippen LogP contribution in [0.25, 0.3) is 0 Å². The van der Waals surface area contributed by atoms with Gasteiger partial charge in [-0.15, -0.1) is 5.06 Å². The van der Waals surface area contributed by atoms with E-state index in [0.29, 0.717) is 42.0 Å². The number of thiazole rings is 1. The number of nitrogens with one attached hydrogen (secondary N) is 1. The second kappa shape index (κ2) is 7.20. The van der Waals surface area contributed by atoms with Gasteiger partial charge in [0.2, 0.25) is 0 Å². The van der Waals surface area contributed by atoms with Crippen molar-refractivity contribution in [3.63, 3.8) is 0 Å². The lowest BCUT2D eigenvalue weighted by atomic mass is 10.3. The van der Waals surface area contributed by atoms with Gasteiger partial charge in [0.05, 0.1) is 19.3 Å². The minimum absolute atomic E-state index is 0.308. The summed E-state index contributed by atoms with van der Waals surface area (Å²) >= 11 is 1.26. The maximum absolute atomic E-state index is 11.0. The highest BCUT2D eigenvalue weighted by Crippen LogP contribution is 2.23. The largest absolute Gasteiger partial charge is 0.368 e. The van der Waals surface area contributed by atoms with Crippen molar-refractivity contribution in [1.82, 2.24) is 20.0 Å². The lowest BCUT2D eigenvalue weighted by Gasteiger charge is -2.33. The Morgan fingerprint density at radius 1 is 1.33 bits per heavy atom. The van der Waals surface area contributed by atoms with E-state index in [4.69, 9.17) is 10.1 Å². The van der Waals surface area contributed by atoms with Crippen LogP contribution in [0.5, 0.6) is 0 Å². The smallest absolute Gasteiger partial charge is 0.322 e. The molecule has 9 nitrogen and oxygen atoms in total. The lowest BCUT2D eigenvalue weighted by molar-refractivity contribution is -0.188. The van der Waals surface area contributed by atoms with Gasteiger partial charge in [-0.05, 0) is 0 Å². The van der Waals surface area contributed by atoms with Gasteiger partial charge in [0.1, 0.15) is 28.9 Å². The molecule has 1 aliphatic rings. The van der Waals surface area contributed by atoms with Gasteiger partial charge in [0.25, 0.3) is 0 Å². The van der Waals surface area contributed by atoms with E-state index in [1.807, 2.05) is 12.1 Å². The second-order valence-electron chi connectivity index (χ2n) is 5.03. The number of carbonyl (C=O) groups is 1. The molecule has 0 radical (unpaired) electrons. The Bertz CT molecular complexity index is 764. The van der Waals surface area contributed by atoms with Crippen molar-refractivity contribution in [3.8, 4) is 6.07 Å². The molecule has 2 aromatic heterocycles. The number of hydroxylamine groups is 2. The van der Waals surface area contributed by atoms with Gasteiger partial charge < -0.3 is 15.1 Å². The zero-order valence-corrected chi connectivity index (χ0v) is 13.8. The summed E-state index contributed by atoms with van der Waals surface area (Å²) in [5.41, 5.74) is 0. The third-order valence-corrected chi connectivity index (χ3v) is 4.14. The zero-order valence-electron chi connectivity index (χ0n) is 13.0. The molecule has 1 fully saturated rings. The molecule has 0 spiro atoms. The van der Waals surface area contributed by atoms with E-state index in [1.54, 1.807) is 5.06 Å². The molecule has 0 atom stereocenters. The van der Waals surface area contributed by atoms with Crippen LogP contribution in [0.15, 0.2) is 18.6 Å². The van der Waals surface area contributed by atoms with Crippen molar-refractivity contribution in [2.24, 2.45) is 0 Å². The van der Waals surface area contributed by atoms with Gasteiger partial charge in [-0.25, -0.2) is 15.0 Å². The lowest BCUT2D eigenvalue weighted by Crippen LogP contribution is -2.47. The molecule has 10 heteroatoms. The number of nitriles is 1. The molecule has 1 N–H and O–H groups in total. The van der Waals surface area contributed by atoms with Gasteiger partial charge in [-0.2, -0.15) is 5.26 Å². The number of rotatable bonds is 4. The summed E-state index contributed by atoms with van der Waals surface area (Å²) in [5, 5.41) is 14.2. The first-order valence-electron chi connectivity index (χ1n) is 7.27. The quantitative estimate of drug-likeness (QED) is 0.873. The third kappa shape index (κ3) is 3.95. The maximum atomic E-state index is 11.0. The normalized spacial score (nSPS) is 14.9. The van der Waals surface area contributed by atoms with Crippen molar-refractivity contribution in [2.75, 3.05) is 36.4 Å². The molecular formula is C14H15N7O2S. The van der Waals surface area contributed by atoms with Crippen molar-refractivity contribution in [1.29, 1.82) is 5.26 Å². The van der Waals surface area contributed by atoms with E-state index in [2.05, 4.69) is 25.2 Å². The zero-order chi connectivity index (χ0) is 16.9. The van der Waals surface area contributed by atoms with Crippen LogP contribution in [0.2, 0.25) is 0 Å². The SMILES string of the molecule is CC(=O)ON1CCN(c2cc(Nc3ncc(C#N)s3)ncn2)CC1. The summed E-state index contributed by atoms with van der Waals surface area (Å²) in [6.45, 7) is 4.01. The standard InChI is InChI=1S/C14H15N7O2S/c1-10(22)23-21-4-2-20(3-5-21)13-6-12(17-9-18-13)19-14-16-8-11(7-15)24-14/h6,8-9H,2-5H2,1H3,(H,16,17,18,19). The van der Waals surface area contributed by atoms with Gasteiger partial charge in [-0.1, -0.05) is 11.3 Å². The minimum Gasteiger partial charge on any atom is -0.368 e. The van der Waals surface area contributed by atoms with Gasteiger partial charge in [-0.3, -0.25) is 4.79 Å². The van der Waals surface area contributed by atoms with E-state index in [1.165, 1.54) is 30.8 Å². The molecule has 1 aliphatic heterocycles. The first-order valence-corrected chi connectivity index (χ1v) is 8.09. The van der Waals surface area contributed by atoms with Crippen molar-refractivity contribution < 1.29 is 9.63 Å². The van der Waals surface area contributed by atoms with E-state index in [-0.39, 0.29) is 5.97 Å². The summed E-state index contributed by atoms with van der Waals surface area (Å²) in [5.74, 6) is 1.09. The predicted molar refractivity (Wildman–Crippen MR) is 87.7 cm³/mol. The number of hydrogen-bond donors (Lipinski definition) is 1. The first-order chi connectivity index (χ1) is 11.6. The highest BCUT2D eigenvalue weighted by Gasteiger charge is 2.20. The summed E-state index contributed by atoms with van der Waals surface area (Å²) < 4.78 is 0. The summed E-state index contributed by atoms with van der Waals surface area (Å²) in [4.78, 5) is 31.3. The molecule has 0 saturated carbocycles. The third-order valence-electron chi connectivity index (χ3n) is 3.32. The van der Waals surface area contributed by atoms with Gasteiger partial charge in [0.15, 0.2) is 5.13 Å². The number of aromatic nitrogens is 3. The molecule has 0 aliphatic carbocycles. The Kier molecular flexibility index (Phi) is 4.83. The van der Waals surface area contributed by atoms with Gasteiger partial charge >= 0.3 is 5.97 Å². The fraction of sp³-hybridized carbons (Fsp3) is 0.357. The molecule has 3 rings (SSSR count). The molecule has 0 unspecified atom stereocenters. The average molecular weight is 345 g/mol. The minimum atomic E-state index is -0.308. The Labute approximate surface area is 142 Å². The Morgan fingerprint density at radius 2 is 2.12 bits per heavy atom. The Hall–Kier alpha value is -2.77. The Balaban J connectivity index is 1.63. The highest BCUT2D eigenvalue weighted by molar-refractivity contribution is 7.16. The number of hydrogen-bond acceptors (Lipinski definition) is 10. The molecule has 24 heavy (non-hydrogen) atoms. The predicted octanol–water partition coefficient (Wildman–Crippen LogP) is 1.15. The maximum Gasteiger partial charge on any atom is 0.322 e. The number of piperazine rings is 1. The van der Waals surface area contributed by atoms with E-state index in [9.17, 15) is 4.79 Å². The van der Waals surface area contributed by atoms with Crippen LogP contribution in [0.3, 0.4) is 0 Å². The molecule has 124 valence electrons. The van der Waals surface area contributed by atoms with Crippen LogP contribution >= 0.6 is 11.3 Å². The monoisotopic (exact) mass is 345 g/mol. The van der Waals surface area contributed by atoms with E-state index >= 15 is 0 Å². The molecule has 1 saturated heterocycles. The fourth-order valence-electron chi connectivity index (χ4n) is 2.27. The summed E-state index contributed by atoms with van der Waals surface area (Å²) in [7, 11) is 0. The van der Waals surface area contributed by atoms with E-state index in [0.717, 1.165) is 5.82 Å². The first kappa shape index (κ1) is 16.1. The van der Waals surface area contributed by atoms with Crippen LogP contribution in [0.4, 0.5) is 16.8 Å². The summed E-state index contributed by atoms with van der Waals surface area (Å²) in [6.07, 6.45) is 3.00. The number of nitrogens with zero attached hydrogens (tertiary/aromatic N) is 6. The van der Waals surface area contributed by atoms with Crippen LogP contribution in [0, 0.1) is 11.3 Å². The second-order valence-corrected chi connectivity index (χ2v) is 6.06. The van der Waals surface area contributed by atoms with Crippen molar-refractivity contribution in [2.45, 2.75) is 6.92 Å². The van der Waals surface area contributed by atoms with Crippen LogP contribution < -0.4 is 10.2 Å². The fourth-order valence-corrected chi connectivity index (χ4v) is 2.89. The Morgan fingerprint density at radius 3 is 2.79 bits per heavy atom. The van der Waals surface area contributed by atoms with Crippen LogP contribution in [-0.2, 0) is 9.63 Å². The molecule has 0 aromatic carbocycles. The molecular weight excluding hydrogens is 330 g/mol. The highest BCUT2D eigenvalue weighted by atomic mass is 32.1. The summed E-state index contributed by atoms with van der Waals surface area (Å²) in [6, 6.07) is 3.88. The molecule has 3 heterocycles. The molecule has 0 amide bonds. The number of carbonyl (C=O) groups excluding carboxylic acids is 1. The van der Waals surface area contributed by atoms with Crippen LogP contribution in [0.1, 0.15) is 11.8 Å².